The molecule has 0 unspecified atom stereocenters. The number of para-hydroxylation sites is 2. The fourth-order valence-electron chi connectivity index (χ4n) is 2.29. The number of benzene rings is 2. The van der Waals surface area contributed by atoms with Crippen molar-refractivity contribution in [2.45, 2.75) is 6.92 Å². The van der Waals surface area contributed by atoms with Gasteiger partial charge in [-0.1, -0.05) is 24.3 Å². The van der Waals surface area contributed by atoms with Crippen LogP contribution in [-0.4, -0.2) is 28.8 Å². The van der Waals surface area contributed by atoms with Crippen LogP contribution in [-0.2, 0) is 4.79 Å². The number of carbonyl (C=O) groups excluding carboxylic acids is 1. The lowest BCUT2D eigenvalue weighted by molar-refractivity contribution is -0.115. The average molecular weight is 368 g/mol. The number of hydrogen-bond acceptors (Lipinski definition) is 5. The van der Waals surface area contributed by atoms with Gasteiger partial charge in [0.25, 0.3) is 5.91 Å². The highest BCUT2D eigenvalue weighted by Crippen LogP contribution is 2.32. The molecule has 3 rings (SSSR count). The van der Waals surface area contributed by atoms with Gasteiger partial charge in [0.1, 0.15) is 11.4 Å². The van der Waals surface area contributed by atoms with Gasteiger partial charge in [0, 0.05) is 0 Å². The lowest BCUT2D eigenvalue weighted by atomic mass is 10.1. The molecule has 1 fully saturated rings. The Labute approximate surface area is 154 Å². The number of carboxylic acid groups (broad SMARTS) is 1. The number of aromatic carboxylic acids is 1. The number of amidine groups is 1. The van der Waals surface area contributed by atoms with Gasteiger partial charge < -0.3 is 15.2 Å². The summed E-state index contributed by atoms with van der Waals surface area (Å²) in [5.74, 6) is -0.580. The summed E-state index contributed by atoms with van der Waals surface area (Å²) in [5, 5.41) is 12.1. The van der Waals surface area contributed by atoms with Crippen molar-refractivity contribution in [3.05, 3.63) is 64.6 Å². The fourth-order valence-corrected chi connectivity index (χ4v) is 3.13. The maximum atomic E-state index is 12.2. The summed E-state index contributed by atoms with van der Waals surface area (Å²) in [6.45, 7) is 2.42. The molecule has 0 aliphatic carbocycles. The fraction of sp³-hybridized carbons (Fsp3) is 0.105. The molecule has 0 spiro atoms. The van der Waals surface area contributed by atoms with Crippen molar-refractivity contribution in [2.24, 2.45) is 4.99 Å². The van der Waals surface area contributed by atoms with Crippen LogP contribution in [0.3, 0.4) is 0 Å². The predicted molar refractivity (Wildman–Crippen MR) is 102 cm³/mol. The summed E-state index contributed by atoms with van der Waals surface area (Å²) in [5.41, 5.74) is 1.58. The van der Waals surface area contributed by atoms with E-state index in [0.717, 1.165) is 5.56 Å². The minimum Gasteiger partial charge on any atom is -0.492 e. The van der Waals surface area contributed by atoms with Crippen molar-refractivity contribution in [3.8, 4) is 5.75 Å². The molecule has 0 atom stereocenters. The molecule has 2 aromatic rings. The van der Waals surface area contributed by atoms with Crippen LogP contribution in [0.1, 0.15) is 22.8 Å². The van der Waals surface area contributed by atoms with Crippen molar-refractivity contribution < 1.29 is 19.4 Å². The van der Waals surface area contributed by atoms with E-state index in [4.69, 9.17) is 9.84 Å². The van der Waals surface area contributed by atoms with Gasteiger partial charge in [-0.05, 0) is 54.6 Å². The number of nitrogens with zero attached hydrogens (tertiary/aromatic N) is 1. The Bertz CT molecular complexity index is 904. The highest BCUT2D eigenvalue weighted by atomic mass is 32.2. The zero-order chi connectivity index (χ0) is 18.5. The number of aliphatic imine (C=N–C) groups is 1. The van der Waals surface area contributed by atoms with E-state index >= 15 is 0 Å². The molecular formula is C19H16N2O4S. The number of carbonyl (C=O) groups is 2. The first-order valence-corrected chi connectivity index (χ1v) is 8.73. The summed E-state index contributed by atoms with van der Waals surface area (Å²) < 4.78 is 5.54. The quantitative estimate of drug-likeness (QED) is 0.786. The Morgan fingerprint density at radius 1 is 1.23 bits per heavy atom. The van der Waals surface area contributed by atoms with E-state index in [-0.39, 0.29) is 11.5 Å². The lowest BCUT2D eigenvalue weighted by Gasteiger charge is -2.06. The van der Waals surface area contributed by atoms with Crippen LogP contribution < -0.4 is 10.1 Å². The minimum atomic E-state index is -0.987. The van der Waals surface area contributed by atoms with Crippen LogP contribution in [0, 0.1) is 0 Å². The molecule has 26 heavy (non-hydrogen) atoms. The van der Waals surface area contributed by atoms with Crippen LogP contribution in [0.4, 0.5) is 5.69 Å². The summed E-state index contributed by atoms with van der Waals surface area (Å²) in [4.78, 5) is 28.0. The standard InChI is InChI=1S/C19H16N2O4S/c1-2-25-15-6-4-3-5-14(15)20-19-21-17(22)16(26-19)11-12-7-9-13(10-8-12)18(23)24/h3-11H,2H2,1H3,(H,23,24)(H,20,21,22)/b16-11-. The average Bonchev–Trinajstić information content (AvgIpc) is 2.96. The molecular weight excluding hydrogens is 352 g/mol. The first-order valence-electron chi connectivity index (χ1n) is 7.91. The maximum Gasteiger partial charge on any atom is 0.335 e. The Balaban J connectivity index is 1.81. The summed E-state index contributed by atoms with van der Waals surface area (Å²) in [7, 11) is 0. The second kappa shape index (κ2) is 7.88. The molecule has 6 nitrogen and oxygen atoms in total. The van der Waals surface area contributed by atoms with E-state index in [1.54, 1.807) is 18.2 Å². The Morgan fingerprint density at radius 3 is 2.65 bits per heavy atom. The van der Waals surface area contributed by atoms with Gasteiger partial charge in [0.15, 0.2) is 5.17 Å². The molecule has 2 aromatic carbocycles. The van der Waals surface area contributed by atoms with E-state index in [1.165, 1.54) is 23.9 Å². The van der Waals surface area contributed by atoms with Crippen LogP contribution >= 0.6 is 11.8 Å². The second-order valence-electron chi connectivity index (χ2n) is 5.31. The maximum absolute atomic E-state index is 12.2. The molecule has 0 aromatic heterocycles. The van der Waals surface area contributed by atoms with E-state index in [9.17, 15) is 9.59 Å². The van der Waals surface area contributed by atoms with Gasteiger partial charge in [0.05, 0.1) is 17.1 Å². The van der Waals surface area contributed by atoms with Gasteiger partial charge >= 0.3 is 5.97 Å². The van der Waals surface area contributed by atoms with Crippen LogP contribution in [0.15, 0.2) is 58.4 Å². The third-order valence-electron chi connectivity index (χ3n) is 3.49. The molecule has 1 saturated heterocycles. The Morgan fingerprint density at radius 2 is 1.96 bits per heavy atom. The first kappa shape index (κ1) is 17.8. The number of carboxylic acids is 1. The number of amides is 1. The van der Waals surface area contributed by atoms with E-state index < -0.39 is 5.97 Å². The third kappa shape index (κ3) is 4.12. The zero-order valence-corrected chi connectivity index (χ0v) is 14.7. The zero-order valence-electron chi connectivity index (χ0n) is 13.9. The van der Waals surface area contributed by atoms with Crippen molar-refractivity contribution >= 4 is 40.6 Å². The molecule has 1 aliphatic rings. The van der Waals surface area contributed by atoms with Gasteiger partial charge in [-0.15, -0.1) is 0 Å². The molecule has 0 bridgehead atoms. The predicted octanol–water partition coefficient (Wildman–Crippen LogP) is 3.68. The Hall–Kier alpha value is -3.06. The number of ether oxygens (including phenoxy) is 1. The number of rotatable bonds is 5. The summed E-state index contributed by atoms with van der Waals surface area (Å²) >= 11 is 1.22. The topological polar surface area (TPSA) is 88.0 Å². The van der Waals surface area contributed by atoms with Gasteiger partial charge in [-0.25, -0.2) is 9.79 Å². The van der Waals surface area contributed by atoms with E-state index in [1.807, 2.05) is 31.2 Å². The molecule has 132 valence electrons. The number of nitrogens with one attached hydrogen (secondary N) is 1. The van der Waals surface area contributed by atoms with Crippen LogP contribution in [0.2, 0.25) is 0 Å². The van der Waals surface area contributed by atoms with Crippen molar-refractivity contribution in [3.63, 3.8) is 0 Å². The summed E-state index contributed by atoms with van der Waals surface area (Å²) in [6, 6.07) is 13.7. The molecule has 1 aliphatic heterocycles. The van der Waals surface area contributed by atoms with Crippen LogP contribution in [0.5, 0.6) is 5.75 Å². The minimum absolute atomic E-state index is 0.199. The smallest absolute Gasteiger partial charge is 0.335 e. The second-order valence-corrected chi connectivity index (χ2v) is 6.34. The van der Waals surface area contributed by atoms with Crippen molar-refractivity contribution in [1.82, 2.24) is 5.32 Å². The monoisotopic (exact) mass is 368 g/mol. The molecule has 7 heteroatoms. The number of hydrogen-bond donors (Lipinski definition) is 2. The SMILES string of the molecule is CCOc1ccccc1N=C1NC(=O)/C(=C/c2ccc(C(=O)O)cc2)S1. The highest BCUT2D eigenvalue weighted by Gasteiger charge is 2.24. The van der Waals surface area contributed by atoms with Crippen molar-refractivity contribution in [2.75, 3.05) is 6.61 Å². The van der Waals surface area contributed by atoms with E-state index in [2.05, 4.69) is 10.3 Å². The summed E-state index contributed by atoms with van der Waals surface area (Å²) in [6.07, 6.45) is 1.70. The third-order valence-corrected chi connectivity index (χ3v) is 4.40. The first-order chi connectivity index (χ1) is 12.6. The molecule has 0 saturated carbocycles. The Kier molecular flexibility index (Phi) is 5.38. The highest BCUT2D eigenvalue weighted by molar-refractivity contribution is 8.18. The largest absolute Gasteiger partial charge is 0.492 e. The van der Waals surface area contributed by atoms with Crippen LogP contribution in [0.25, 0.3) is 6.08 Å². The molecule has 2 N–H and O–H groups in total. The van der Waals surface area contributed by atoms with Gasteiger partial charge in [-0.2, -0.15) is 0 Å². The normalized spacial score (nSPS) is 16.7. The molecule has 1 amide bonds. The number of thioether (sulfide) groups is 1. The van der Waals surface area contributed by atoms with Crippen molar-refractivity contribution in [1.29, 1.82) is 0 Å². The molecule has 0 radical (unpaired) electrons. The van der Waals surface area contributed by atoms with Gasteiger partial charge in [-0.3, -0.25) is 4.79 Å². The van der Waals surface area contributed by atoms with Gasteiger partial charge in [0.2, 0.25) is 0 Å². The van der Waals surface area contributed by atoms with E-state index in [0.29, 0.717) is 28.1 Å². The lowest BCUT2D eigenvalue weighted by Crippen LogP contribution is -2.19. The molecule has 1 heterocycles.